The molecule has 2 aromatic carbocycles. The number of halogens is 1. The molecular weight excluding hydrogens is 391 g/mol. The zero-order chi connectivity index (χ0) is 20.1. The summed E-state index contributed by atoms with van der Waals surface area (Å²) in [6, 6.07) is 17.5. The van der Waals surface area contributed by atoms with Gasteiger partial charge < -0.3 is 4.74 Å². The number of para-hydroxylation sites is 1. The number of carbonyl (C=O) groups excluding carboxylic acids is 1. The first-order valence-electron chi connectivity index (χ1n) is 8.86. The van der Waals surface area contributed by atoms with Crippen molar-refractivity contribution in [1.29, 1.82) is 0 Å². The molecule has 0 aliphatic rings. The van der Waals surface area contributed by atoms with Gasteiger partial charge in [0.1, 0.15) is 24.5 Å². The summed E-state index contributed by atoms with van der Waals surface area (Å²) < 4.78 is 20.5. The molecule has 0 spiro atoms. The number of hydrogen-bond donors (Lipinski definition) is 1. The number of carbonyl (C=O) groups is 1. The Morgan fingerprint density at radius 3 is 2.79 bits per heavy atom. The van der Waals surface area contributed by atoms with Gasteiger partial charge in [0, 0.05) is 5.56 Å². The molecule has 1 amide bonds. The molecule has 0 unspecified atom stereocenters. The molecule has 0 fully saturated rings. The third kappa shape index (κ3) is 5.05. The van der Waals surface area contributed by atoms with E-state index in [0.717, 1.165) is 16.9 Å². The summed E-state index contributed by atoms with van der Waals surface area (Å²) in [5.74, 6) is 0.380. The van der Waals surface area contributed by atoms with Gasteiger partial charge in [0.25, 0.3) is 5.91 Å². The molecule has 0 saturated heterocycles. The smallest absolute Gasteiger partial charge is 0.268 e. The summed E-state index contributed by atoms with van der Waals surface area (Å²) in [6.45, 7) is 0.745. The fourth-order valence-electron chi connectivity index (χ4n) is 2.67. The maximum absolute atomic E-state index is 13.3. The molecule has 2 heterocycles. The van der Waals surface area contributed by atoms with Crippen molar-refractivity contribution in [3.8, 4) is 5.75 Å². The Bertz CT molecular complexity index is 1110. The molecular formula is C21H17FN4O2S. The summed E-state index contributed by atoms with van der Waals surface area (Å²) in [5.41, 5.74) is 1.67. The van der Waals surface area contributed by atoms with E-state index >= 15 is 0 Å². The number of ether oxygens (including phenoxy) is 1. The Balaban J connectivity index is 1.34. The third-order valence-corrected chi connectivity index (χ3v) is 5.00. The highest BCUT2D eigenvalue weighted by molar-refractivity contribution is 7.12. The van der Waals surface area contributed by atoms with Crippen LogP contribution in [0.1, 0.15) is 20.8 Å². The number of benzene rings is 2. The highest BCUT2D eigenvalue weighted by atomic mass is 32.1. The van der Waals surface area contributed by atoms with Crippen LogP contribution in [0, 0.1) is 5.82 Å². The van der Waals surface area contributed by atoms with Crippen molar-refractivity contribution in [3.05, 3.63) is 94.2 Å². The molecule has 8 heteroatoms. The molecule has 0 atom stereocenters. The first-order chi connectivity index (χ1) is 14.2. The van der Waals surface area contributed by atoms with Crippen LogP contribution in [0.2, 0.25) is 0 Å². The molecule has 0 saturated carbocycles. The standard InChI is InChI=1S/C21H17FN4O2S/c22-17-6-4-5-15(9-17)11-26-14-23-21(25-26)24-20(27)19-10-16(13-29-19)12-28-18-7-2-1-3-8-18/h1-10,13-14H,11-12H2,(H,24,25,27). The Kier molecular flexibility index (Phi) is 5.62. The lowest BCUT2D eigenvalue weighted by molar-refractivity contribution is 0.102. The fraction of sp³-hybridized carbons (Fsp3) is 0.0952. The molecule has 2 aromatic heterocycles. The summed E-state index contributed by atoms with van der Waals surface area (Å²) in [5, 5.41) is 8.77. The number of hydrogen-bond acceptors (Lipinski definition) is 5. The minimum atomic E-state index is -0.305. The Morgan fingerprint density at radius 1 is 1.10 bits per heavy atom. The highest BCUT2D eigenvalue weighted by Gasteiger charge is 2.12. The Hall–Kier alpha value is -3.52. The number of nitrogens with one attached hydrogen (secondary N) is 1. The van der Waals surface area contributed by atoms with E-state index in [0.29, 0.717) is 18.0 Å². The molecule has 0 radical (unpaired) electrons. The predicted molar refractivity (Wildman–Crippen MR) is 109 cm³/mol. The second kappa shape index (κ2) is 8.66. The minimum absolute atomic E-state index is 0.196. The highest BCUT2D eigenvalue weighted by Crippen LogP contribution is 2.18. The van der Waals surface area contributed by atoms with Crippen molar-refractivity contribution in [2.75, 3.05) is 5.32 Å². The van der Waals surface area contributed by atoms with Crippen molar-refractivity contribution >= 4 is 23.2 Å². The van der Waals surface area contributed by atoms with Crippen LogP contribution in [0.4, 0.5) is 10.3 Å². The summed E-state index contributed by atoms with van der Waals surface area (Å²) in [6.07, 6.45) is 1.49. The topological polar surface area (TPSA) is 69.0 Å². The van der Waals surface area contributed by atoms with Crippen molar-refractivity contribution in [3.63, 3.8) is 0 Å². The molecule has 4 aromatic rings. The lowest BCUT2D eigenvalue weighted by Crippen LogP contribution is -2.12. The SMILES string of the molecule is O=C(Nc1ncn(Cc2cccc(F)c2)n1)c1cc(COc2ccccc2)cs1. The van der Waals surface area contributed by atoms with E-state index in [2.05, 4.69) is 15.4 Å². The largest absolute Gasteiger partial charge is 0.489 e. The van der Waals surface area contributed by atoms with Gasteiger partial charge in [0.2, 0.25) is 5.95 Å². The van der Waals surface area contributed by atoms with Gasteiger partial charge in [-0.2, -0.15) is 0 Å². The quantitative estimate of drug-likeness (QED) is 0.493. The number of rotatable bonds is 7. The molecule has 6 nitrogen and oxygen atoms in total. The van der Waals surface area contributed by atoms with Crippen LogP contribution in [0.3, 0.4) is 0 Å². The first-order valence-corrected chi connectivity index (χ1v) is 9.74. The number of amides is 1. The number of aromatic nitrogens is 3. The zero-order valence-electron chi connectivity index (χ0n) is 15.3. The number of thiophene rings is 1. The van der Waals surface area contributed by atoms with Gasteiger partial charge in [-0.25, -0.2) is 14.1 Å². The number of nitrogens with zero attached hydrogens (tertiary/aromatic N) is 3. The van der Waals surface area contributed by atoms with E-state index in [-0.39, 0.29) is 17.7 Å². The van der Waals surface area contributed by atoms with Crippen molar-refractivity contribution < 1.29 is 13.9 Å². The van der Waals surface area contributed by atoms with E-state index < -0.39 is 0 Å². The second-order valence-electron chi connectivity index (χ2n) is 6.27. The van der Waals surface area contributed by atoms with E-state index in [1.807, 2.05) is 35.7 Å². The van der Waals surface area contributed by atoms with Gasteiger partial charge in [-0.15, -0.1) is 16.4 Å². The predicted octanol–water partition coefficient (Wildman–Crippen LogP) is 4.36. The van der Waals surface area contributed by atoms with E-state index in [4.69, 9.17) is 4.74 Å². The van der Waals surface area contributed by atoms with Crippen LogP contribution in [-0.4, -0.2) is 20.7 Å². The fourth-order valence-corrected chi connectivity index (χ4v) is 3.46. The van der Waals surface area contributed by atoms with Gasteiger partial charge in [0.15, 0.2) is 0 Å². The van der Waals surface area contributed by atoms with Crippen LogP contribution in [-0.2, 0) is 13.2 Å². The third-order valence-electron chi connectivity index (χ3n) is 4.02. The summed E-state index contributed by atoms with van der Waals surface area (Å²) >= 11 is 1.33. The van der Waals surface area contributed by atoms with E-state index in [1.165, 1.54) is 34.5 Å². The first kappa shape index (κ1) is 18.8. The zero-order valence-corrected chi connectivity index (χ0v) is 16.1. The van der Waals surface area contributed by atoms with Crippen molar-refractivity contribution in [1.82, 2.24) is 14.8 Å². The summed E-state index contributed by atoms with van der Waals surface area (Å²) in [4.78, 5) is 17.1. The van der Waals surface area contributed by atoms with Gasteiger partial charge in [-0.05, 0) is 41.3 Å². The Morgan fingerprint density at radius 2 is 1.97 bits per heavy atom. The van der Waals surface area contributed by atoms with Crippen LogP contribution in [0.25, 0.3) is 0 Å². The lowest BCUT2D eigenvalue weighted by atomic mass is 10.2. The lowest BCUT2D eigenvalue weighted by Gasteiger charge is -2.03. The molecule has 0 aliphatic heterocycles. The normalized spacial score (nSPS) is 10.7. The average Bonchev–Trinajstić information content (AvgIpc) is 3.37. The monoisotopic (exact) mass is 408 g/mol. The van der Waals surface area contributed by atoms with Crippen LogP contribution < -0.4 is 10.1 Å². The Labute approximate surface area is 170 Å². The van der Waals surface area contributed by atoms with Crippen molar-refractivity contribution in [2.45, 2.75) is 13.2 Å². The average molecular weight is 408 g/mol. The second-order valence-corrected chi connectivity index (χ2v) is 7.18. The van der Waals surface area contributed by atoms with Crippen LogP contribution >= 0.6 is 11.3 Å². The molecule has 0 bridgehead atoms. The van der Waals surface area contributed by atoms with E-state index in [9.17, 15) is 9.18 Å². The van der Waals surface area contributed by atoms with Crippen LogP contribution in [0.5, 0.6) is 5.75 Å². The molecule has 29 heavy (non-hydrogen) atoms. The van der Waals surface area contributed by atoms with Crippen LogP contribution in [0.15, 0.2) is 72.4 Å². The summed E-state index contributed by atoms with van der Waals surface area (Å²) in [7, 11) is 0. The van der Waals surface area contributed by atoms with Gasteiger partial charge in [-0.1, -0.05) is 30.3 Å². The maximum Gasteiger partial charge on any atom is 0.268 e. The van der Waals surface area contributed by atoms with Gasteiger partial charge in [-0.3, -0.25) is 10.1 Å². The molecule has 4 rings (SSSR count). The maximum atomic E-state index is 13.3. The number of anilines is 1. The molecule has 0 aliphatic carbocycles. The van der Waals surface area contributed by atoms with E-state index in [1.54, 1.807) is 18.2 Å². The van der Waals surface area contributed by atoms with Crippen molar-refractivity contribution in [2.24, 2.45) is 0 Å². The molecule has 1 N–H and O–H groups in total. The minimum Gasteiger partial charge on any atom is -0.489 e. The molecule has 146 valence electrons. The van der Waals surface area contributed by atoms with Gasteiger partial charge in [0.05, 0.1) is 11.4 Å². The van der Waals surface area contributed by atoms with Gasteiger partial charge >= 0.3 is 0 Å².